The van der Waals surface area contributed by atoms with Crippen molar-refractivity contribution in [2.24, 2.45) is 39.4 Å². The summed E-state index contributed by atoms with van der Waals surface area (Å²) < 4.78 is 5.11. The van der Waals surface area contributed by atoms with Crippen LogP contribution in [0.15, 0.2) is 11.1 Å². The lowest BCUT2D eigenvalue weighted by Gasteiger charge is -2.70. The van der Waals surface area contributed by atoms with E-state index < -0.39 is 29.9 Å². The summed E-state index contributed by atoms with van der Waals surface area (Å²) in [6.07, 6.45) is 4.09. The second kappa shape index (κ2) is 6.11. The van der Waals surface area contributed by atoms with Gasteiger partial charge in [-0.3, -0.25) is 0 Å². The molecule has 0 radical (unpaired) electrons. The smallest absolute Gasteiger partial charge is 0.339 e. The third-order valence-electron chi connectivity index (χ3n) is 10.9. The molecule has 0 spiro atoms. The first-order valence-electron chi connectivity index (χ1n) is 11.9. The Morgan fingerprint density at radius 3 is 2.23 bits per heavy atom. The second-order valence-corrected chi connectivity index (χ2v) is 12.4. The predicted octanol–water partition coefficient (Wildman–Crippen LogP) is 3.56. The molecular formula is C25H38O5. The van der Waals surface area contributed by atoms with Crippen LogP contribution >= 0.6 is 0 Å². The van der Waals surface area contributed by atoms with Crippen LogP contribution in [0.1, 0.15) is 79.6 Å². The van der Waals surface area contributed by atoms with Crippen molar-refractivity contribution in [3.63, 3.8) is 0 Å². The topological polar surface area (TPSA) is 87.0 Å². The lowest BCUT2D eigenvalue weighted by molar-refractivity contribution is -0.225. The van der Waals surface area contributed by atoms with Gasteiger partial charge in [-0.25, -0.2) is 4.79 Å². The van der Waals surface area contributed by atoms with Gasteiger partial charge in [-0.05, 0) is 72.5 Å². The number of rotatable bonds is 0. The summed E-state index contributed by atoms with van der Waals surface area (Å²) in [5.74, 6) is 0.368. The molecule has 5 rings (SSSR count). The lowest BCUT2D eigenvalue weighted by atomic mass is 9.35. The lowest BCUT2D eigenvalue weighted by Crippen LogP contribution is -2.66. The van der Waals surface area contributed by atoms with E-state index in [1.54, 1.807) is 0 Å². The summed E-state index contributed by atoms with van der Waals surface area (Å²) in [4.78, 5) is 12.3. The molecule has 0 saturated heterocycles. The first-order valence-corrected chi connectivity index (χ1v) is 11.9. The van der Waals surface area contributed by atoms with E-state index in [-0.39, 0.29) is 22.3 Å². The summed E-state index contributed by atoms with van der Waals surface area (Å²) in [5.41, 5.74) is 0.304. The van der Waals surface area contributed by atoms with Gasteiger partial charge < -0.3 is 20.1 Å². The minimum absolute atomic E-state index is 0.000497. The maximum Gasteiger partial charge on any atom is 0.339 e. The van der Waals surface area contributed by atoms with Crippen LogP contribution in [-0.2, 0) is 9.53 Å². The van der Waals surface area contributed by atoms with E-state index in [2.05, 4.69) is 27.7 Å². The molecule has 0 aromatic heterocycles. The fourth-order valence-electron chi connectivity index (χ4n) is 9.59. The molecule has 9 atom stereocenters. The van der Waals surface area contributed by atoms with E-state index in [0.29, 0.717) is 35.7 Å². The number of esters is 1. The van der Waals surface area contributed by atoms with Crippen LogP contribution in [0.25, 0.3) is 0 Å². The molecule has 0 bridgehead atoms. The number of carbonyl (C=O) groups is 1. The molecule has 168 valence electrons. The second-order valence-electron chi connectivity index (χ2n) is 12.4. The van der Waals surface area contributed by atoms with Gasteiger partial charge in [-0.1, -0.05) is 41.0 Å². The molecule has 3 fully saturated rings. The zero-order valence-electron chi connectivity index (χ0n) is 19.1. The predicted molar refractivity (Wildman–Crippen MR) is 112 cm³/mol. The van der Waals surface area contributed by atoms with Gasteiger partial charge in [0.15, 0.2) is 0 Å². The van der Waals surface area contributed by atoms with E-state index in [4.69, 9.17) is 4.74 Å². The summed E-state index contributed by atoms with van der Waals surface area (Å²) >= 11 is 0. The Morgan fingerprint density at radius 2 is 1.53 bits per heavy atom. The highest BCUT2D eigenvalue weighted by Gasteiger charge is 2.69. The molecule has 3 N–H and O–H groups in total. The summed E-state index contributed by atoms with van der Waals surface area (Å²) in [7, 11) is 0. The number of ether oxygens (including phenoxy) is 1. The summed E-state index contributed by atoms with van der Waals surface area (Å²) in [5, 5.41) is 33.1. The highest BCUT2D eigenvalue weighted by molar-refractivity contribution is 5.94. The minimum Gasteiger partial charge on any atom is -0.428 e. The van der Waals surface area contributed by atoms with Crippen LogP contribution in [0.4, 0.5) is 0 Å². The number of carbonyl (C=O) groups excluding carboxylic acids is 1. The fourth-order valence-corrected chi connectivity index (χ4v) is 9.59. The van der Waals surface area contributed by atoms with Crippen LogP contribution in [0.2, 0.25) is 0 Å². The molecule has 0 aromatic carbocycles. The van der Waals surface area contributed by atoms with Gasteiger partial charge in [0.25, 0.3) is 0 Å². The number of fused-ring (bicyclic) bond motifs is 6. The van der Waals surface area contributed by atoms with Gasteiger partial charge in [0, 0.05) is 11.0 Å². The van der Waals surface area contributed by atoms with Crippen molar-refractivity contribution in [3.8, 4) is 0 Å². The molecule has 4 aliphatic carbocycles. The summed E-state index contributed by atoms with van der Waals surface area (Å²) in [6, 6.07) is 0. The van der Waals surface area contributed by atoms with Crippen LogP contribution in [0.3, 0.4) is 0 Å². The molecule has 1 heterocycles. The number of cyclic esters (lactones) is 1. The Kier molecular flexibility index (Phi) is 4.27. The van der Waals surface area contributed by atoms with Crippen molar-refractivity contribution in [1.82, 2.24) is 0 Å². The van der Waals surface area contributed by atoms with Gasteiger partial charge in [0.05, 0.1) is 17.8 Å². The van der Waals surface area contributed by atoms with Gasteiger partial charge in [-0.15, -0.1) is 0 Å². The molecular weight excluding hydrogens is 380 g/mol. The fraction of sp³-hybridized carbons (Fsp3) is 0.880. The number of hydrogen-bond donors (Lipinski definition) is 3. The maximum atomic E-state index is 12.3. The standard InChI is InChI=1S/C25H38O5/c1-22(2)8-6-9-23(3)14(22)7-10-24(4)15(23)12-17(27)25(5)16(24)11-13(26)18-19(25)21(29)30-20(18)28/h13-17,21,26-27,29H,6-12H2,1-5H3/t13-,14?,15?,16?,17-,21-,23+,24-,25-/m1/s1. The van der Waals surface area contributed by atoms with Crippen LogP contribution in [0.5, 0.6) is 0 Å². The molecule has 5 heteroatoms. The van der Waals surface area contributed by atoms with Crippen molar-refractivity contribution >= 4 is 5.97 Å². The SMILES string of the molecule is CC1(C)CCC[C@@]2(C)C1CC[C@]1(C)C2C[C@@H](O)[C@]2(C)C3=C(C(=O)O[C@H]3O)[C@H](O)CC12. The first-order chi connectivity index (χ1) is 13.9. The van der Waals surface area contributed by atoms with Crippen molar-refractivity contribution in [2.75, 3.05) is 0 Å². The van der Waals surface area contributed by atoms with E-state index in [9.17, 15) is 20.1 Å². The number of aliphatic hydroxyl groups excluding tert-OH is 3. The Hall–Kier alpha value is -0.910. The van der Waals surface area contributed by atoms with Crippen molar-refractivity contribution in [3.05, 3.63) is 11.1 Å². The largest absolute Gasteiger partial charge is 0.428 e. The Bertz CT molecular complexity index is 816. The zero-order valence-corrected chi connectivity index (χ0v) is 19.1. The first kappa shape index (κ1) is 21.0. The molecule has 3 saturated carbocycles. The van der Waals surface area contributed by atoms with E-state index in [1.165, 1.54) is 25.7 Å². The van der Waals surface area contributed by atoms with Crippen molar-refractivity contribution < 1.29 is 24.9 Å². The summed E-state index contributed by atoms with van der Waals surface area (Å²) in [6.45, 7) is 11.6. The zero-order chi connectivity index (χ0) is 21.9. The van der Waals surface area contributed by atoms with Gasteiger partial charge in [0.2, 0.25) is 6.29 Å². The third-order valence-corrected chi connectivity index (χ3v) is 10.9. The van der Waals surface area contributed by atoms with Gasteiger partial charge >= 0.3 is 5.97 Å². The van der Waals surface area contributed by atoms with E-state index in [1.807, 2.05) is 6.92 Å². The van der Waals surface area contributed by atoms with Crippen LogP contribution < -0.4 is 0 Å². The van der Waals surface area contributed by atoms with Crippen molar-refractivity contribution in [2.45, 2.75) is 98.1 Å². The Labute approximate surface area is 179 Å². The molecule has 5 nitrogen and oxygen atoms in total. The number of hydrogen-bond acceptors (Lipinski definition) is 5. The molecule has 0 aromatic rings. The molecule has 0 amide bonds. The van der Waals surface area contributed by atoms with Crippen molar-refractivity contribution in [1.29, 1.82) is 0 Å². The monoisotopic (exact) mass is 418 g/mol. The van der Waals surface area contributed by atoms with Crippen LogP contribution in [0, 0.1) is 39.4 Å². The normalized spacial score (nSPS) is 54.6. The average Bonchev–Trinajstić information content (AvgIpc) is 2.95. The van der Waals surface area contributed by atoms with Crippen LogP contribution in [-0.4, -0.2) is 39.8 Å². The maximum absolute atomic E-state index is 12.3. The van der Waals surface area contributed by atoms with E-state index in [0.717, 1.165) is 6.42 Å². The number of aliphatic hydroxyl groups is 3. The molecule has 3 unspecified atom stereocenters. The van der Waals surface area contributed by atoms with Gasteiger partial charge in [0.1, 0.15) is 0 Å². The quantitative estimate of drug-likeness (QED) is 0.524. The average molecular weight is 419 g/mol. The molecule has 1 aliphatic heterocycles. The highest BCUT2D eigenvalue weighted by Crippen LogP contribution is 2.73. The Balaban J connectivity index is 1.63. The molecule has 30 heavy (non-hydrogen) atoms. The van der Waals surface area contributed by atoms with Gasteiger partial charge in [-0.2, -0.15) is 0 Å². The van der Waals surface area contributed by atoms with E-state index >= 15 is 0 Å². The highest BCUT2D eigenvalue weighted by atomic mass is 16.6. The minimum atomic E-state index is -1.36. The third kappa shape index (κ3) is 2.32. The molecule has 5 aliphatic rings. The Morgan fingerprint density at radius 1 is 0.867 bits per heavy atom.